The maximum Gasteiger partial charge on any atom is 0.295 e. The molecule has 7 nitrogen and oxygen atoms in total. The monoisotopic (exact) mass is 604 g/mol. The van der Waals surface area contributed by atoms with Crippen LogP contribution in [0.3, 0.4) is 0 Å². The highest BCUT2D eigenvalue weighted by Crippen LogP contribution is 2.40. The summed E-state index contributed by atoms with van der Waals surface area (Å²) in [5, 5.41) is 11.5. The number of aliphatic hydroxyl groups excluding tert-OH is 1. The van der Waals surface area contributed by atoms with Crippen LogP contribution in [0.2, 0.25) is 0 Å². The van der Waals surface area contributed by atoms with Crippen LogP contribution in [0.4, 0.5) is 0 Å². The molecule has 1 aliphatic heterocycles. The molecule has 45 heavy (non-hydrogen) atoms. The molecule has 1 saturated heterocycles. The molecule has 1 unspecified atom stereocenters. The van der Waals surface area contributed by atoms with Gasteiger partial charge in [-0.05, 0) is 78.7 Å². The van der Waals surface area contributed by atoms with E-state index in [2.05, 4.69) is 18.7 Å². The van der Waals surface area contributed by atoms with Crippen LogP contribution < -0.4 is 9.47 Å². The summed E-state index contributed by atoms with van der Waals surface area (Å²) in [5.41, 5.74) is 4.52. The third-order valence-electron chi connectivity index (χ3n) is 8.32. The van der Waals surface area contributed by atoms with E-state index in [4.69, 9.17) is 9.47 Å². The lowest BCUT2D eigenvalue weighted by atomic mass is 9.95. The normalized spacial score (nSPS) is 15.9. The molecule has 0 aromatic heterocycles. The van der Waals surface area contributed by atoms with Gasteiger partial charge in [0, 0.05) is 18.7 Å². The van der Waals surface area contributed by atoms with Crippen molar-refractivity contribution in [1.29, 1.82) is 0 Å². The largest absolute Gasteiger partial charge is 0.507 e. The summed E-state index contributed by atoms with van der Waals surface area (Å²) < 4.78 is 11.9. The molecule has 1 amide bonds. The molecule has 1 fully saturated rings. The fourth-order valence-electron chi connectivity index (χ4n) is 5.53. The first-order chi connectivity index (χ1) is 21.9. The first-order valence-corrected chi connectivity index (χ1v) is 15.4. The zero-order valence-electron chi connectivity index (χ0n) is 26.1. The third kappa shape index (κ3) is 7.44. The molecule has 0 radical (unpaired) electrons. The van der Waals surface area contributed by atoms with Crippen LogP contribution in [0.1, 0.15) is 47.7 Å². The number of ether oxygens (including phenoxy) is 2. The smallest absolute Gasteiger partial charge is 0.295 e. The molecule has 7 heteroatoms. The molecular weight excluding hydrogens is 564 g/mol. The van der Waals surface area contributed by atoms with E-state index in [1.54, 1.807) is 29.2 Å². The molecule has 0 spiro atoms. The van der Waals surface area contributed by atoms with Gasteiger partial charge in [0.15, 0.2) is 0 Å². The molecule has 1 N–H and O–H groups in total. The number of Topliss-reactive ketones (excluding diaryl/α,β-unsaturated/α-hetero) is 1. The van der Waals surface area contributed by atoms with Crippen molar-refractivity contribution in [3.8, 4) is 11.5 Å². The topological polar surface area (TPSA) is 79.3 Å². The minimum absolute atomic E-state index is 0.0751. The lowest BCUT2D eigenvalue weighted by molar-refractivity contribution is -0.140. The Morgan fingerprint density at radius 2 is 1.38 bits per heavy atom. The van der Waals surface area contributed by atoms with Crippen molar-refractivity contribution in [2.24, 2.45) is 0 Å². The van der Waals surface area contributed by atoms with E-state index in [-0.39, 0.29) is 11.3 Å². The number of rotatable bonds is 13. The number of likely N-dealkylation sites (tertiary alicyclic amines) is 1. The zero-order valence-corrected chi connectivity index (χ0v) is 26.1. The van der Waals surface area contributed by atoms with Crippen molar-refractivity contribution in [2.45, 2.75) is 40.0 Å². The molecule has 232 valence electrons. The number of hydrogen-bond acceptors (Lipinski definition) is 6. The summed E-state index contributed by atoms with van der Waals surface area (Å²) in [6, 6.07) is 31.5. The Balaban J connectivity index is 1.41. The first kappa shape index (κ1) is 31.5. The first-order valence-electron chi connectivity index (χ1n) is 15.4. The Kier molecular flexibility index (Phi) is 10.3. The van der Waals surface area contributed by atoms with Gasteiger partial charge in [-0.15, -0.1) is 0 Å². The van der Waals surface area contributed by atoms with Gasteiger partial charge >= 0.3 is 0 Å². The standard InChI is InChI=1S/C38H40N2O5/c1-4-39(5-2)23-24-40-35(29-15-19-32(20-16-29)44-25-28-12-7-6-8-13-28)34(37(42)38(40)43)36(41)30-17-21-33(22-18-30)45-26-31-14-10-9-11-27(31)3/h6-22,35,41H,4-5,23-26H2,1-3H3/b36-34+. The minimum Gasteiger partial charge on any atom is -0.507 e. The summed E-state index contributed by atoms with van der Waals surface area (Å²) >= 11 is 0. The van der Waals surface area contributed by atoms with Crippen molar-refractivity contribution < 1.29 is 24.2 Å². The number of carbonyl (C=O) groups is 2. The maximum absolute atomic E-state index is 13.5. The quantitative estimate of drug-likeness (QED) is 0.101. The van der Waals surface area contributed by atoms with Crippen molar-refractivity contribution in [3.05, 3.63) is 137 Å². The molecule has 0 saturated carbocycles. The number of aryl methyl sites for hydroxylation is 1. The number of likely N-dealkylation sites (N-methyl/N-ethyl adjacent to an activating group) is 1. The zero-order chi connectivity index (χ0) is 31.8. The lowest BCUT2D eigenvalue weighted by Crippen LogP contribution is -2.38. The predicted molar refractivity (Wildman–Crippen MR) is 176 cm³/mol. The van der Waals surface area contributed by atoms with Crippen LogP contribution in [0.25, 0.3) is 5.76 Å². The maximum atomic E-state index is 13.5. The molecule has 1 aliphatic rings. The van der Waals surface area contributed by atoms with E-state index in [1.165, 1.54) is 0 Å². The van der Waals surface area contributed by atoms with E-state index in [9.17, 15) is 14.7 Å². The Hall–Kier alpha value is -4.88. The summed E-state index contributed by atoms with van der Waals surface area (Å²) in [5.74, 6) is -0.211. The van der Waals surface area contributed by atoms with Crippen LogP contribution in [0.5, 0.6) is 11.5 Å². The molecule has 4 aromatic rings. The van der Waals surface area contributed by atoms with Crippen molar-refractivity contribution in [1.82, 2.24) is 9.80 Å². The van der Waals surface area contributed by atoms with Gasteiger partial charge in [-0.2, -0.15) is 0 Å². The number of hydrogen-bond donors (Lipinski definition) is 1. The van der Waals surface area contributed by atoms with E-state index >= 15 is 0 Å². The molecule has 5 rings (SSSR count). The van der Waals surface area contributed by atoms with E-state index in [0.717, 1.165) is 35.3 Å². The van der Waals surface area contributed by atoms with Crippen LogP contribution in [-0.4, -0.2) is 52.8 Å². The average molecular weight is 605 g/mol. The van der Waals surface area contributed by atoms with E-state index < -0.39 is 17.7 Å². The van der Waals surface area contributed by atoms with Gasteiger partial charge in [-0.1, -0.05) is 80.6 Å². The molecule has 1 atom stereocenters. The molecule has 0 aliphatic carbocycles. The Morgan fingerprint density at radius 1 is 0.778 bits per heavy atom. The number of aliphatic hydroxyl groups is 1. The number of benzene rings is 4. The number of carbonyl (C=O) groups excluding carboxylic acids is 2. The summed E-state index contributed by atoms with van der Waals surface area (Å²) in [6.07, 6.45) is 0. The summed E-state index contributed by atoms with van der Waals surface area (Å²) in [4.78, 5) is 30.7. The Bertz CT molecular complexity index is 1630. The second-order valence-corrected chi connectivity index (χ2v) is 11.1. The van der Waals surface area contributed by atoms with Gasteiger partial charge in [0.05, 0.1) is 11.6 Å². The van der Waals surface area contributed by atoms with Gasteiger partial charge < -0.3 is 24.4 Å². The summed E-state index contributed by atoms with van der Waals surface area (Å²) in [6.45, 7) is 9.64. The summed E-state index contributed by atoms with van der Waals surface area (Å²) in [7, 11) is 0. The van der Waals surface area contributed by atoms with Crippen LogP contribution in [0, 0.1) is 6.92 Å². The average Bonchev–Trinajstić information content (AvgIpc) is 3.33. The van der Waals surface area contributed by atoms with Gasteiger partial charge in [-0.25, -0.2) is 0 Å². The van der Waals surface area contributed by atoms with Crippen molar-refractivity contribution in [2.75, 3.05) is 26.2 Å². The highest BCUT2D eigenvalue weighted by atomic mass is 16.5. The van der Waals surface area contributed by atoms with Crippen molar-refractivity contribution >= 4 is 17.4 Å². The Morgan fingerprint density at radius 3 is 2.02 bits per heavy atom. The van der Waals surface area contributed by atoms with Gasteiger partial charge in [0.2, 0.25) is 0 Å². The fraction of sp³-hybridized carbons (Fsp3) is 0.263. The number of amides is 1. The van der Waals surface area contributed by atoms with Crippen LogP contribution in [0.15, 0.2) is 109 Å². The molecule has 0 bridgehead atoms. The molecule has 1 heterocycles. The number of ketones is 1. The highest BCUT2D eigenvalue weighted by Gasteiger charge is 2.46. The van der Waals surface area contributed by atoms with Crippen LogP contribution >= 0.6 is 0 Å². The predicted octanol–water partition coefficient (Wildman–Crippen LogP) is 6.92. The van der Waals surface area contributed by atoms with E-state index in [1.807, 2.05) is 85.8 Å². The Labute approximate surface area is 265 Å². The van der Waals surface area contributed by atoms with Crippen molar-refractivity contribution in [3.63, 3.8) is 0 Å². The molecule has 4 aromatic carbocycles. The second kappa shape index (κ2) is 14.7. The van der Waals surface area contributed by atoms with Crippen LogP contribution in [-0.2, 0) is 22.8 Å². The highest BCUT2D eigenvalue weighted by molar-refractivity contribution is 6.46. The fourth-order valence-corrected chi connectivity index (χ4v) is 5.53. The lowest BCUT2D eigenvalue weighted by Gasteiger charge is -2.28. The van der Waals surface area contributed by atoms with E-state index in [0.29, 0.717) is 43.4 Å². The molecular formula is C38H40N2O5. The SMILES string of the molecule is CCN(CC)CCN1C(=O)C(=O)/C(=C(/O)c2ccc(OCc3ccccc3C)cc2)C1c1ccc(OCc2ccccc2)cc1. The minimum atomic E-state index is -0.735. The van der Waals surface area contributed by atoms with Gasteiger partial charge in [-0.3, -0.25) is 9.59 Å². The van der Waals surface area contributed by atoms with Gasteiger partial charge in [0.25, 0.3) is 11.7 Å². The van der Waals surface area contributed by atoms with Gasteiger partial charge in [0.1, 0.15) is 30.5 Å². The second-order valence-electron chi connectivity index (χ2n) is 11.1. The third-order valence-corrected chi connectivity index (χ3v) is 8.32. The number of nitrogens with zero attached hydrogens (tertiary/aromatic N) is 2.